The van der Waals surface area contributed by atoms with Gasteiger partial charge in [-0.25, -0.2) is 4.39 Å². The van der Waals surface area contributed by atoms with Gasteiger partial charge in [-0.2, -0.15) is 4.98 Å². The topological polar surface area (TPSA) is 80.8 Å². The number of hydrogen-bond acceptors (Lipinski definition) is 6. The smallest absolute Gasteiger partial charge is 0.254 e. The van der Waals surface area contributed by atoms with Gasteiger partial charge in [-0.3, -0.25) is 4.79 Å². The molecule has 2 aromatic carbocycles. The number of amides is 1. The molecule has 0 saturated carbocycles. The minimum absolute atomic E-state index is 0.169. The van der Waals surface area contributed by atoms with Crippen molar-refractivity contribution in [3.63, 3.8) is 0 Å². The van der Waals surface area contributed by atoms with Crippen LogP contribution in [0.3, 0.4) is 0 Å². The Bertz CT molecular complexity index is 1040. The molecule has 1 aliphatic rings. The maximum atomic E-state index is 13.2. The van der Waals surface area contributed by atoms with Gasteiger partial charge in [0.25, 0.3) is 5.91 Å². The van der Waals surface area contributed by atoms with Crippen molar-refractivity contribution >= 4 is 11.6 Å². The van der Waals surface area contributed by atoms with Gasteiger partial charge in [0, 0.05) is 12.0 Å². The average molecular weight is 394 g/mol. The normalized spacial score (nSPS) is 17.7. The van der Waals surface area contributed by atoms with Gasteiger partial charge in [0.05, 0.1) is 12.3 Å². The van der Waals surface area contributed by atoms with Crippen LogP contribution >= 0.6 is 0 Å². The summed E-state index contributed by atoms with van der Waals surface area (Å²) in [4.78, 5) is 24.0. The number of nitrogens with zero attached hydrogens (tertiary/aromatic N) is 4. The van der Waals surface area contributed by atoms with Crippen LogP contribution in [0, 0.1) is 12.7 Å². The zero-order valence-corrected chi connectivity index (χ0v) is 16.0. The molecule has 1 aromatic heterocycles. The van der Waals surface area contributed by atoms with Gasteiger partial charge in [0.15, 0.2) is 5.82 Å². The molecule has 1 aliphatic heterocycles. The molecule has 0 unspecified atom stereocenters. The van der Waals surface area contributed by atoms with Crippen LogP contribution in [-0.4, -0.2) is 40.3 Å². The molecule has 1 saturated heterocycles. The molecule has 1 atom stereocenters. The molecule has 3 aromatic rings. The summed E-state index contributed by atoms with van der Waals surface area (Å²) in [5, 5.41) is 7.82. The van der Waals surface area contributed by atoms with Crippen molar-refractivity contribution in [1.82, 2.24) is 15.0 Å². The number of halogens is 1. The summed E-state index contributed by atoms with van der Waals surface area (Å²) in [5.41, 5.74) is 3.02. The molecule has 1 fully saturated rings. The Morgan fingerprint density at radius 1 is 1.17 bits per heavy atom. The Balaban J connectivity index is 1.59. The number of aryl methyl sites for hydroxylation is 1. The summed E-state index contributed by atoms with van der Waals surface area (Å²) in [6.45, 7) is 2.05. The largest absolute Gasteiger partial charge is 0.399 e. The molecule has 0 radical (unpaired) electrons. The van der Waals surface area contributed by atoms with E-state index in [0.29, 0.717) is 30.2 Å². The van der Waals surface area contributed by atoms with Crippen molar-refractivity contribution in [3.05, 3.63) is 71.6 Å². The van der Waals surface area contributed by atoms with E-state index in [-0.39, 0.29) is 11.7 Å². The minimum atomic E-state index is -0.394. The molecule has 7 nitrogen and oxygen atoms in total. The first kappa shape index (κ1) is 18.8. The zero-order chi connectivity index (χ0) is 20.4. The van der Waals surface area contributed by atoms with Crippen molar-refractivity contribution < 1.29 is 18.5 Å². The van der Waals surface area contributed by atoms with Crippen LogP contribution in [0.2, 0.25) is 0 Å². The second kappa shape index (κ2) is 7.83. The number of likely N-dealkylation sites (tertiary alicyclic amines) is 1. The van der Waals surface area contributed by atoms with Gasteiger partial charge in [-0.15, -0.1) is 0 Å². The first-order valence-electron chi connectivity index (χ1n) is 9.11. The first-order chi connectivity index (χ1) is 14.0. The lowest BCUT2D eigenvalue weighted by Gasteiger charge is -2.21. The molecule has 1 amide bonds. The predicted molar refractivity (Wildman–Crippen MR) is 104 cm³/mol. The van der Waals surface area contributed by atoms with Crippen LogP contribution in [0.25, 0.3) is 11.1 Å². The Labute approximate surface area is 166 Å². The van der Waals surface area contributed by atoms with Crippen LogP contribution in [0.15, 0.2) is 58.2 Å². The highest BCUT2D eigenvalue weighted by Gasteiger charge is 2.38. The van der Waals surface area contributed by atoms with E-state index in [1.807, 2.05) is 12.1 Å². The van der Waals surface area contributed by atoms with Gasteiger partial charge in [0.2, 0.25) is 5.89 Å². The van der Waals surface area contributed by atoms with E-state index in [0.717, 1.165) is 16.8 Å². The van der Waals surface area contributed by atoms with Crippen molar-refractivity contribution in [2.75, 3.05) is 13.7 Å². The van der Waals surface area contributed by atoms with E-state index >= 15 is 0 Å². The number of hydrogen-bond donors (Lipinski definition) is 0. The number of aromatic nitrogens is 2. The average Bonchev–Trinajstić information content (AvgIpc) is 3.35. The fourth-order valence-corrected chi connectivity index (χ4v) is 3.40. The van der Waals surface area contributed by atoms with E-state index in [4.69, 9.17) is 9.36 Å². The summed E-state index contributed by atoms with van der Waals surface area (Å²) < 4.78 is 18.4. The second-order valence-electron chi connectivity index (χ2n) is 6.76. The summed E-state index contributed by atoms with van der Waals surface area (Å²) in [6, 6.07) is 13.0. The SMILES string of the molecule is CO/N=C1\C[C@@H](c2nc(C)no2)N(C(=O)c2ccc(-c3ccc(F)cc3)cc2)C1. The van der Waals surface area contributed by atoms with Crippen molar-refractivity contribution in [2.24, 2.45) is 5.16 Å². The summed E-state index contributed by atoms with van der Waals surface area (Å²) in [7, 11) is 1.47. The van der Waals surface area contributed by atoms with Gasteiger partial charge >= 0.3 is 0 Å². The fraction of sp³-hybridized carbons (Fsp3) is 0.238. The van der Waals surface area contributed by atoms with Crippen LogP contribution < -0.4 is 0 Å². The van der Waals surface area contributed by atoms with Gasteiger partial charge in [0.1, 0.15) is 19.0 Å². The minimum Gasteiger partial charge on any atom is -0.399 e. The van der Waals surface area contributed by atoms with Gasteiger partial charge in [-0.05, 0) is 42.3 Å². The van der Waals surface area contributed by atoms with E-state index in [1.165, 1.54) is 19.2 Å². The fourth-order valence-electron chi connectivity index (χ4n) is 3.40. The van der Waals surface area contributed by atoms with E-state index < -0.39 is 6.04 Å². The number of oxime groups is 1. The Morgan fingerprint density at radius 2 is 1.83 bits per heavy atom. The molecule has 29 heavy (non-hydrogen) atoms. The van der Waals surface area contributed by atoms with Crippen molar-refractivity contribution in [3.8, 4) is 11.1 Å². The third-order valence-corrected chi connectivity index (χ3v) is 4.78. The van der Waals surface area contributed by atoms with E-state index in [9.17, 15) is 9.18 Å². The molecule has 2 heterocycles. The highest BCUT2D eigenvalue weighted by atomic mass is 19.1. The highest BCUT2D eigenvalue weighted by molar-refractivity contribution is 6.00. The molecule has 0 spiro atoms. The van der Waals surface area contributed by atoms with Gasteiger partial charge < -0.3 is 14.3 Å². The molecule has 4 rings (SSSR count). The monoisotopic (exact) mass is 394 g/mol. The lowest BCUT2D eigenvalue weighted by molar-refractivity contribution is 0.0713. The molecule has 0 aliphatic carbocycles. The highest BCUT2D eigenvalue weighted by Crippen LogP contribution is 2.31. The Hall–Kier alpha value is -3.55. The summed E-state index contributed by atoms with van der Waals surface area (Å²) >= 11 is 0. The lowest BCUT2D eigenvalue weighted by Crippen LogP contribution is -2.31. The van der Waals surface area contributed by atoms with E-state index in [1.54, 1.807) is 36.1 Å². The second-order valence-corrected chi connectivity index (χ2v) is 6.76. The van der Waals surface area contributed by atoms with Gasteiger partial charge in [-0.1, -0.05) is 34.6 Å². The number of carbonyl (C=O) groups excluding carboxylic acids is 1. The van der Waals surface area contributed by atoms with Crippen LogP contribution in [-0.2, 0) is 4.84 Å². The summed E-state index contributed by atoms with van der Waals surface area (Å²) in [5.74, 6) is 0.427. The summed E-state index contributed by atoms with van der Waals surface area (Å²) in [6.07, 6.45) is 0.467. The molecule has 0 bridgehead atoms. The molecule has 0 N–H and O–H groups in total. The third kappa shape index (κ3) is 3.87. The maximum absolute atomic E-state index is 13.2. The quantitative estimate of drug-likeness (QED) is 0.629. The number of carbonyl (C=O) groups is 1. The zero-order valence-electron chi connectivity index (χ0n) is 16.0. The molecule has 148 valence electrons. The molecule has 8 heteroatoms. The number of benzene rings is 2. The van der Waals surface area contributed by atoms with Crippen LogP contribution in [0.4, 0.5) is 4.39 Å². The van der Waals surface area contributed by atoms with Crippen molar-refractivity contribution in [2.45, 2.75) is 19.4 Å². The van der Waals surface area contributed by atoms with E-state index in [2.05, 4.69) is 15.3 Å². The Kier molecular flexibility index (Phi) is 5.07. The molecular formula is C21H19FN4O3. The number of rotatable bonds is 4. The Morgan fingerprint density at radius 3 is 2.41 bits per heavy atom. The first-order valence-corrected chi connectivity index (χ1v) is 9.11. The standard InChI is InChI=1S/C21H19FN4O3/c1-13-23-20(29-24-13)19-11-18(25-28-2)12-26(19)21(27)16-5-3-14(4-6-16)15-7-9-17(22)10-8-15/h3-10,19H,11-12H2,1-2H3/b25-18+/t19-/m0/s1. The maximum Gasteiger partial charge on any atom is 0.254 e. The predicted octanol–water partition coefficient (Wildman–Crippen LogP) is 3.77. The molecular weight excluding hydrogens is 375 g/mol. The third-order valence-electron chi connectivity index (χ3n) is 4.78. The van der Waals surface area contributed by atoms with Crippen LogP contribution in [0.1, 0.15) is 34.5 Å². The van der Waals surface area contributed by atoms with Crippen LogP contribution in [0.5, 0.6) is 0 Å². The lowest BCUT2D eigenvalue weighted by atomic mass is 10.0. The van der Waals surface area contributed by atoms with Crippen molar-refractivity contribution in [1.29, 1.82) is 0 Å².